The van der Waals surface area contributed by atoms with Crippen LogP contribution < -0.4 is 0 Å². The quantitative estimate of drug-likeness (QED) is 0.600. The van der Waals surface area contributed by atoms with Gasteiger partial charge in [-0.2, -0.15) is 0 Å². The first kappa shape index (κ1) is 8.59. The molecule has 0 aliphatic carbocycles. The van der Waals surface area contributed by atoms with Crippen LogP contribution in [-0.4, -0.2) is 19.8 Å². The molecule has 0 atom stereocenters. The van der Waals surface area contributed by atoms with Crippen molar-refractivity contribution in [2.75, 3.05) is 5.75 Å². The van der Waals surface area contributed by atoms with Crippen molar-refractivity contribution in [1.29, 1.82) is 0 Å². The average Bonchev–Trinajstić information content (AvgIpc) is 1.53. The van der Waals surface area contributed by atoms with Crippen LogP contribution in [0, 0.1) is 0 Å². The Morgan fingerprint density at radius 1 is 1.45 bits per heavy atom. The molecule has 0 spiro atoms. The molecule has 0 N–H and O–H groups in total. The Balaban J connectivity index is 2.59. The summed E-state index contributed by atoms with van der Waals surface area (Å²) in [6.07, 6.45) is 0. The van der Waals surface area contributed by atoms with Crippen LogP contribution in [0.5, 0.6) is 0 Å². The third-order valence-electron chi connectivity index (χ3n) is 1.09. The molecule has 0 saturated carbocycles. The summed E-state index contributed by atoms with van der Waals surface area (Å²) in [7, 11) is -2.89. The van der Waals surface area contributed by atoms with Crippen molar-refractivity contribution in [3.05, 3.63) is 11.2 Å². The summed E-state index contributed by atoms with van der Waals surface area (Å²) in [5.41, 5.74) is -0.290. The van der Waals surface area contributed by atoms with Gasteiger partial charge in [-0.1, -0.05) is 0 Å². The summed E-state index contributed by atoms with van der Waals surface area (Å²) in [5.74, 6) is 0.627. The maximum atomic E-state index is 10.6. The topological polar surface area (TPSA) is 43.4 Å². The van der Waals surface area contributed by atoms with Gasteiger partial charge in [-0.05, 0) is 20.8 Å². The van der Waals surface area contributed by atoms with E-state index in [2.05, 4.69) is 0 Å². The Morgan fingerprint density at radius 3 is 2.18 bits per heavy atom. The summed E-state index contributed by atoms with van der Waals surface area (Å²) in [6, 6.07) is 0. The van der Waals surface area contributed by atoms with Gasteiger partial charge in [0.15, 0.2) is 9.84 Å². The predicted molar refractivity (Wildman–Crippen MR) is 42.7 cm³/mol. The van der Waals surface area contributed by atoms with Gasteiger partial charge in [0.1, 0.15) is 17.1 Å². The summed E-state index contributed by atoms with van der Waals surface area (Å²) in [6.45, 7) is 5.66. The smallest absolute Gasteiger partial charge is 0.182 e. The molecule has 64 valence electrons. The largest absolute Gasteiger partial charge is 0.491 e. The fourth-order valence-electron chi connectivity index (χ4n) is 0.822. The molecule has 0 fully saturated rings. The zero-order valence-corrected chi connectivity index (χ0v) is 7.73. The van der Waals surface area contributed by atoms with Gasteiger partial charge in [0.2, 0.25) is 0 Å². The SMILES string of the molecule is CC(C)(C)OC1=CS(=O)(=O)C1. The molecule has 0 amide bonds. The van der Waals surface area contributed by atoms with E-state index >= 15 is 0 Å². The Morgan fingerprint density at radius 2 is 1.91 bits per heavy atom. The first-order valence-corrected chi connectivity index (χ1v) is 5.12. The lowest BCUT2D eigenvalue weighted by Crippen LogP contribution is -2.27. The third-order valence-corrected chi connectivity index (χ3v) is 2.40. The number of hydrogen-bond acceptors (Lipinski definition) is 3. The summed E-state index contributed by atoms with van der Waals surface area (Å²) >= 11 is 0. The van der Waals surface area contributed by atoms with Crippen molar-refractivity contribution in [3.63, 3.8) is 0 Å². The standard InChI is InChI=1S/C7H12O3S/c1-7(2,3)10-6-4-11(8,9)5-6/h4H,5H2,1-3H3. The number of sulfone groups is 1. The minimum atomic E-state index is -2.89. The van der Waals surface area contributed by atoms with Crippen molar-refractivity contribution < 1.29 is 13.2 Å². The van der Waals surface area contributed by atoms with Gasteiger partial charge in [0.05, 0.1) is 5.41 Å². The summed E-state index contributed by atoms with van der Waals surface area (Å²) < 4.78 is 26.5. The minimum Gasteiger partial charge on any atom is -0.491 e. The Kier molecular flexibility index (Phi) is 1.75. The average molecular weight is 176 g/mol. The summed E-state index contributed by atoms with van der Waals surface area (Å²) in [4.78, 5) is 0. The highest BCUT2D eigenvalue weighted by Gasteiger charge is 2.27. The van der Waals surface area contributed by atoms with Gasteiger partial charge in [-0.25, -0.2) is 8.42 Å². The van der Waals surface area contributed by atoms with Crippen LogP contribution >= 0.6 is 0 Å². The van der Waals surface area contributed by atoms with E-state index in [4.69, 9.17) is 4.74 Å². The first-order valence-electron chi connectivity index (χ1n) is 3.41. The molecular formula is C7H12O3S. The van der Waals surface area contributed by atoms with E-state index in [1.807, 2.05) is 20.8 Å². The van der Waals surface area contributed by atoms with E-state index in [-0.39, 0.29) is 11.4 Å². The second-order valence-corrected chi connectivity index (χ2v) is 5.46. The molecule has 1 aliphatic heterocycles. The molecule has 0 radical (unpaired) electrons. The molecule has 0 bridgehead atoms. The van der Waals surface area contributed by atoms with Crippen LogP contribution in [0.1, 0.15) is 20.8 Å². The Hall–Kier alpha value is -0.510. The molecule has 0 unspecified atom stereocenters. The van der Waals surface area contributed by atoms with Crippen molar-refractivity contribution in [1.82, 2.24) is 0 Å². The van der Waals surface area contributed by atoms with Gasteiger partial charge < -0.3 is 4.74 Å². The lowest BCUT2D eigenvalue weighted by molar-refractivity contribution is 0.0529. The van der Waals surface area contributed by atoms with E-state index in [9.17, 15) is 8.42 Å². The molecule has 1 heterocycles. The molecule has 1 aliphatic rings. The van der Waals surface area contributed by atoms with Gasteiger partial charge in [-0.15, -0.1) is 0 Å². The normalized spacial score (nSPS) is 21.9. The highest BCUT2D eigenvalue weighted by molar-refractivity contribution is 7.95. The molecule has 0 aromatic rings. The fourth-order valence-corrected chi connectivity index (χ4v) is 1.68. The molecule has 4 heteroatoms. The van der Waals surface area contributed by atoms with Gasteiger partial charge >= 0.3 is 0 Å². The van der Waals surface area contributed by atoms with Crippen LogP contribution in [0.3, 0.4) is 0 Å². The zero-order chi connectivity index (χ0) is 8.70. The number of hydrogen-bond donors (Lipinski definition) is 0. The lowest BCUT2D eigenvalue weighted by atomic mass is 10.2. The number of rotatable bonds is 1. The van der Waals surface area contributed by atoms with E-state index in [1.54, 1.807) is 0 Å². The predicted octanol–water partition coefficient (Wildman–Crippen LogP) is 1.07. The monoisotopic (exact) mass is 176 g/mol. The minimum absolute atomic E-state index is 0.0598. The molecule has 0 aromatic heterocycles. The van der Waals surface area contributed by atoms with E-state index in [0.717, 1.165) is 0 Å². The second kappa shape index (κ2) is 2.24. The van der Waals surface area contributed by atoms with Gasteiger partial charge in [-0.3, -0.25) is 0 Å². The van der Waals surface area contributed by atoms with E-state index < -0.39 is 9.84 Å². The highest BCUT2D eigenvalue weighted by Crippen LogP contribution is 2.22. The van der Waals surface area contributed by atoms with Crippen LogP contribution in [0.25, 0.3) is 0 Å². The summed E-state index contributed by atoms with van der Waals surface area (Å²) in [5, 5.41) is 1.18. The van der Waals surface area contributed by atoms with Crippen molar-refractivity contribution >= 4 is 9.84 Å². The fraction of sp³-hybridized carbons (Fsp3) is 0.714. The molecular weight excluding hydrogens is 164 g/mol. The second-order valence-electron chi connectivity index (χ2n) is 3.61. The first-order chi connectivity index (χ1) is 4.79. The zero-order valence-electron chi connectivity index (χ0n) is 6.92. The maximum Gasteiger partial charge on any atom is 0.182 e. The lowest BCUT2D eigenvalue weighted by Gasteiger charge is -2.26. The van der Waals surface area contributed by atoms with Gasteiger partial charge in [0.25, 0.3) is 0 Å². The third kappa shape index (κ3) is 2.54. The van der Waals surface area contributed by atoms with Crippen LogP contribution in [-0.2, 0) is 14.6 Å². The Bertz CT molecular complexity index is 279. The molecule has 0 aromatic carbocycles. The van der Waals surface area contributed by atoms with Crippen molar-refractivity contribution in [2.24, 2.45) is 0 Å². The van der Waals surface area contributed by atoms with Crippen molar-refractivity contribution in [3.8, 4) is 0 Å². The molecule has 3 nitrogen and oxygen atoms in total. The molecule has 0 saturated heterocycles. The Labute approximate surface area is 67.0 Å². The maximum absolute atomic E-state index is 10.6. The van der Waals surface area contributed by atoms with E-state index in [1.165, 1.54) is 5.41 Å². The van der Waals surface area contributed by atoms with Crippen LogP contribution in [0.2, 0.25) is 0 Å². The van der Waals surface area contributed by atoms with Crippen molar-refractivity contribution in [2.45, 2.75) is 26.4 Å². The molecule has 1 rings (SSSR count). The highest BCUT2D eigenvalue weighted by atomic mass is 32.2. The molecule has 11 heavy (non-hydrogen) atoms. The van der Waals surface area contributed by atoms with Crippen LogP contribution in [0.4, 0.5) is 0 Å². The van der Waals surface area contributed by atoms with Gasteiger partial charge in [0, 0.05) is 0 Å². The number of ether oxygens (including phenoxy) is 1. The van der Waals surface area contributed by atoms with Crippen LogP contribution in [0.15, 0.2) is 11.2 Å². The van der Waals surface area contributed by atoms with E-state index in [0.29, 0.717) is 5.76 Å².